The van der Waals surface area contributed by atoms with Crippen LogP contribution < -0.4 is 16.0 Å². The van der Waals surface area contributed by atoms with Crippen LogP contribution in [0.25, 0.3) is 0 Å². The molecule has 0 aliphatic rings. The van der Waals surface area contributed by atoms with Crippen LogP contribution in [0.2, 0.25) is 0 Å². The molecule has 1 amide bonds. The number of nitrogens with one attached hydrogen (secondary N) is 3. The lowest BCUT2D eigenvalue weighted by molar-refractivity contribution is -0.143. The number of rotatable bonds is 5. The number of hydrogen-bond acceptors (Lipinski definition) is 4. The summed E-state index contributed by atoms with van der Waals surface area (Å²) in [4.78, 5) is 16.5. The van der Waals surface area contributed by atoms with Crippen molar-refractivity contribution >= 4 is 46.4 Å². The Kier molecular flexibility index (Phi) is 7.90. The number of amides is 1. The Balaban J connectivity index is 1.72. The summed E-state index contributed by atoms with van der Waals surface area (Å²) < 4.78 is 78.3. The van der Waals surface area contributed by atoms with Crippen molar-refractivity contribution in [2.45, 2.75) is 22.3 Å². The molecule has 0 unspecified atom stereocenters. The molecule has 35 heavy (non-hydrogen) atoms. The second-order valence-electron chi connectivity index (χ2n) is 6.97. The summed E-state index contributed by atoms with van der Waals surface area (Å²) in [6, 6.07) is 11.1. The van der Waals surface area contributed by atoms with Crippen molar-refractivity contribution in [3.63, 3.8) is 0 Å². The van der Waals surface area contributed by atoms with E-state index in [9.17, 15) is 31.1 Å². The average Bonchev–Trinajstić information content (AvgIpc) is 2.78. The van der Waals surface area contributed by atoms with Gasteiger partial charge in [0.15, 0.2) is 5.11 Å². The fourth-order valence-electron chi connectivity index (χ4n) is 2.80. The van der Waals surface area contributed by atoms with E-state index in [4.69, 9.17) is 12.2 Å². The third kappa shape index (κ3) is 7.33. The van der Waals surface area contributed by atoms with Crippen LogP contribution in [0.15, 0.2) is 70.7 Å². The van der Waals surface area contributed by atoms with Crippen molar-refractivity contribution in [2.24, 2.45) is 0 Å². The molecule has 0 bridgehead atoms. The molecule has 0 atom stereocenters. The minimum atomic E-state index is -4.97. The van der Waals surface area contributed by atoms with Gasteiger partial charge in [-0.15, -0.1) is 0 Å². The van der Waals surface area contributed by atoms with Crippen molar-refractivity contribution in [3.05, 3.63) is 77.5 Å². The molecule has 3 aromatic rings. The molecule has 0 spiro atoms. The van der Waals surface area contributed by atoms with E-state index in [1.807, 2.05) is 0 Å². The number of hydrogen-bond donors (Lipinski definition) is 3. The molecule has 0 radical (unpaired) electrons. The normalized spacial score (nSPS) is 11.6. The van der Waals surface area contributed by atoms with Crippen molar-refractivity contribution in [3.8, 4) is 0 Å². The molecule has 3 rings (SSSR count). The second-order valence-corrected chi connectivity index (χ2v) is 8.47. The van der Waals surface area contributed by atoms with E-state index in [0.717, 1.165) is 4.90 Å². The minimum Gasteiger partial charge on any atom is -0.355 e. The molecule has 2 aromatic carbocycles. The van der Waals surface area contributed by atoms with Crippen LogP contribution in [-0.2, 0) is 12.4 Å². The van der Waals surface area contributed by atoms with Gasteiger partial charge in [0.25, 0.3) is 5.91 Å². The van der Waals surface area contributed by atoms with Crippen LogP contribution in [0, 0.1) is 0 Å². The van der Waals surface area contributed by atoms with Crippen molar-refractivity contribution in [2.75, 3.05) is 17.7 Å². The van der Waals surface area contributed by atoms with Gasteiger partial charge in [0.05, 0.1) is 16.7 Å². The molecule has 0 saturated carbocycles. The van der Waals surface area contributed by atoms with Crippen LogP contribution in [-0.4, -0.2) is 23.1 Å². The van der Waals surface area contributed by atoms with Crippen LogP contribution in [0.3, 0.4) is 0 Å². The Hall–Kier alpha value is -3.32. The molecular formula is C22H16F6N4OS2. The van der Waals surface area contributed by atoms with Gasteiger partial charge >= 0.3 is 12.4 Å². The maximum absolute atomic E-state index is 13.1. The molecule has 0 aliphatic heterocycles. The zero-order valence-corrected chi connectivity index (χ0v) is 19.3. The maximum atomic E-state index is 13.1. The summed E-state index contributed by atoms with van der Waals surface area (Å²) in [6.45, 7) is 0. The molecule has 0 fully saturated rings. The largest absolute Gasteiger partial charge is 0.416 e. The van der Waals surface area contributed by atoms with Gasteiger partial charge in [0, 0.05) is 29.5 Å². The number of aromatic nitrogens is 1. The molecule has 0 saturated heterocycles. The molecular weight excluding hydrogens is 514 g/mol. The van der Waals surface area contributed by atoms with E-state index >= 15 is 0 Å². The molecule has 1 heterocycles. The lowest BCUT2D eigenvalue weighted by Gasteiger charge is -2.16. The van der Waals surface area contributed by atoms with E-state index < -0.39 is 29.2 Å². The van der Waals surface area contributed by atoms with E-state index in [2.05, 4.69) is 20.9 Å². The summed E-state index contributed by atoms with van der Waals surface area (Å²) in [6.07, 6.45) is -8.51. The van der Waals surface area contributed by atoms with E-state index in [0.29, 0.717) is 28.4 Å². The van der Waals surface area contributed by atoms with Crippen molar-refractivity contribution in [1.82, 2.24) is 10.3 Å². The van der Waals surface area contributed by atoms with Gasteiger partial charge in [0.2, 0.25) is 0 Å². The quantitative estimate of drug-likeness (QED) is 0.261. The molecule has 1 aromatic heterocycles. The summed E-state index contributed by atoms with van der Waals surface area (Å²) in [7, 11) is 1.51. The first-order valence-corrected chi connectivity index (χ1v) is 10.9. The van der Waals surface area contributed by atoms with Gasteiger partial charge in [-0.1, -0.05) is 17.8 Å². The minimum absolute atomic E-state index is 0.0393. The number of pyridine rings is 1. The lowest BCUT2D eigenvalue weighted by Crippen LogP contribution is -2.20. The topological polar surface area (TPSA) is 66.1 Å². The Labute approximate surface area is 205 Å². The van der Waals surface area contributed by atoms with Gasteiger partial charge in [-0.05, 0) is 60.7 Å². The first-order chi connectivity index (χ1) is 16.3. The number of nitrogens with zero attached hydrogens (tertiary/aromatic N) is 1. The van der Waals surface area contributed by atoms with Crippen molar-refractivity contribution in [1.29, 1.82) is 0 Å². The molecule has 0 aliphatic carbocycles. The van der Waals surface area contributed by atoms with E-state index in [-0.39, 0.29) is 17.1 Å². The Morgan fingerprint density at radius 2 is 1.51 bits per heavy atom. The highest BCUT2D eigenvalue weighted by molar-refractivity contribution is 7.99. The number of thiocarbonyl (C=S) groups is 1. The third-order valence-corrected chi connectivity index (χ3v) is 5.53. The van der Waals surface area contributed by atoms with Gasteiger partial charge in [-0.25, -0.2) is 4.98 Å². The first-order valence-electron chi connectivity index (χ1n) is 9.68. The Morgan fingerprint density at radius 3 is 2.06 bits per heavy atom. The second kappa shape index (κ2) is 10.5. The number of benzene rings is 2. The first kappa shape index (κ1) is 26.3. The highest BCUT2D eigenvalue weighted by Crippen LogP contribution is 2.37. The fraction of sp³-hybridized carbons (Fsp3) is 0.136. The number of anilines is 2. The maximum Gasteiger partial charge on any atom is 0.416 e. The number of halogens is 6. The predicted octanol–water partition coefficient (Wildman–Crippen LogP) is 6.44. The van der Waals surface area contributed by atoms with Crippen LogP contribution in [0.4, 0.5) is 37.7 Å². The van der Waals surface area contributed by atoms with Gasteiger partial charge in [-0.2, -0.15) is 26.3 Å². The monoisotopic (exact) mass is 530 g/mol. The van der Waals surface area contributed by atoms with E-state index in [1.165, 1.54) is 25.0 Å². The van der Waals surface area contributed by atoms with Gasteiger partial charge in [0.1, 0.15) is 5.03 Å². The van der Waals surface area contributed by atoms with Gasteiger partial charge < -0.3 is 16.0 Å². The average molecular weight is 531 g/mol. The van der Waals surface area contributed by atoms with Crippen LogP contribution in [0.1, 0.15) is 21.5 Å². The highest BCUT2D eigenvalue weighted by Gasteiger charge is 2.37. The van der Waals surface area contributed by atoms with Gasteiger partial charge in [-0.3, -0.25) is 4.79 Å². The van der Waals surface area contributed by atoms with Crippen LogP contribution in [0.5, 0.6) is 0 Å². The predicted molar refractivity (Wildman–Crippen MR) is 124 cm³/mol. The smallest absolute Gasteiger partial charge is 0.355 e. The molecule has 13 heteroatoms. The fourth-order valence-corrected chi connectivity index (χ4v) is 3.85. The Morgan fingerprint density at radius 1 is 0.886 bits per heavy atom. The summed E-state index contributed by atoms with van der Waals surface area (Å²) >= 11 is 6.35. The summed E-state index contributed by atoms with van der Waals surface area (Å²) in [5.41, 5.74) is -2.53. The van der Waals surface area contributed by atoms with Crippen molar-refractivity contribution < 1.29 is 31.1 Å². The molecule has 3 N–H and O–H groups in total. The SMILES string of the molecule is CNC(=O)c1ccc(Sc2cccc(NC(=S)Nc3cc(C(F)(F)F)cc(C(F)(F)F)c3)c2)nc1. The van der Waals surface area contributed by atoms with Crippen LogP contribution >= 0.6 is 24.0 Å². The molecule has 184 valence electrons. The standard InChI is InChI=1S/C22H16F6N4OS2/c1-29-19(33)12-5-6-18(30-11-12)35-17-4-2-3-15(10-17)31-20(34)32-16-8-13(21(23,24)25)7-14(9-16)22(26,27)28/h2-11H,1H3,(H,29,33)(H2,31,32,34). The number of alkyl halides is 6. The summed E-state index contributed by atoms with van der Waals surface area (Å²) in [5, 5.41) is 7.99. The summed E-state index contributed by atoms with van der Waals surface area (Å²) in [5.74, 6) is -0.274. The highest BCUT2D eigenvalue weighted by atomic mass is 32.2. The Bertz CT molecular complexity index is 1200. The molecule has 5 nitrogen and oxygen atoms in total. The number of carbonyl (C=O) groups is 1. The zero-order chi connectivity index (χ0) is 25.8. The zero-order valence-electron chi connectivity index (χ0n) is 17.7. The lowest BCUT2D eigenvalue weighted by atomic mass is 10.1. The van der Waals surface area contributed by atoms with E-state index in [1.54, 1.807) is 36.4 Å². The third-order valence-electron chi connectivity index (χ3n) is 4.39. The number of carbonyl (C=O) groups excluding carboxylic acids is 1.